The second kappa shape index (κ2) is 12.8. The minimum atomic E-state index is -2.15. The summed E-state index contributed by atoms with van der Waals surface area (Å²) in [7, 11) is 1.29. The molecular formula is C41H54O15. The van der Waals surface area contributed by atoms with Gasteiger partial charge in [-0.25, -0.2) is 4.79 Å². The Balaban J connectivity index is 1.66. The topological polar surface area (TPSA) is 193 Å². The molecule has 15 heteroatoms. The number of esters is 5. The van der Waals surface area contributed by atoms with Gasteiger partial charge >= 0.3 is 29.8 Å². The number of furan rings is 1. The quantitative estimate of drug-likeness (QED) is 0.142. The zero-order valence-corrected chi connectivity index (χ0v) is 34.0. The van der Waals surface area contributed by atoms with Crippen LogP contribution in [-0.2, 0) is 61.9 Å². The van der Waals surface area contributed by atoms with Gasteiger partial charge in [-0.15, -0.1) is 0 Å². The molecule has 308 valence electrons. The summed E-state index contributed by atoms with van der Waals surface area (Å²) < 4.78 is 58.0. The van der Waals surface area contributed by atoms with Crippen LogP contribution in [-0.4, -0.2) is 83.2 Å². The number of allylic oxidation sites excluding steroid dienone is 1. The van der Waals surface area contributed by atoms with E-state index in [2.05, 4.69) is 0 Å². The Morgan fingerprint density at radius 3 is 2.27 bits per heavy atom. The number of hydrogen-bond donors (Lipinski definition) is 1. The summed E-state index contributed by atoms with van der Waals surface area (Å²) >= 11 is 0. The van der Waals surface area contributed by atoms with E-state index in [1.807, 2.05) is 27.7 Å². The SMILES string of the molecule is COC(=O)CCC1(C)C2OC3(C)OC45C2CCC(C)(C(OC(C)=O)c2ccoc2)C4/C(=C(/O)C(C)C)C(=O)OC5C2(OC(C)=O)C(OC(C)=O)C(C)(C)CC12O3. The summed E-state index contributed by atoms with van der Waals surface area (Å²) in [6.45, 7) is 16.3. The summed E-state index contributed by atoms with van der Waals surface area (Å²) in [6.07, 6.45) is -1.20. The molecule has 7 aliphatic rings. The summed E-state index contributed by atoms with van der Waals surface area (Å²) in [5, 5.41) is 12.1. The average Bonchev–Trinajstić information content (AvgIpc) is 3.66. The number of aliphatic hydroxyl groups is 1. The molecule has 3 saturated carbocycles. The van der Waals surface area contributed by atoms with Gasteiger partial charge in [0.25, 0.3) is 5.97 Å². The highest BCUT2D eigenvalue weighted by Gasteiger charge is 2.94. The molecule has 4 aliphatic heterocycles. The van der Waals surface area contributed by atoms with Gasteiger partial charge in [0.2, 0.25) is 5.60 Å². The molecule has 4 saturated heterocycles. The Kier molecular flexibility index (Phi) is 9.18. The lowest BCUT2D eigenvalue weighted by molar-refractivity contribution is -0.534. The first-order valence-corrected chi connectivity index (χ1v) is 19.4. The second-order valence-electron chi connectivity index (χ2n) is 18.2. The third-order valence-corrected chi connectivity index (χ3v) is 13.9. The minimum absolute atomic E-state index is 0.0749. The van der Waals surface area contributed by atoms with Gasteiger partial charge in [0, 0.05) is 73.7 Å². The van der Waals surface area contributed by atoms with Crippen LogP contribution in [0, 0.1) is 34.0 Å². The number of carbonyl (C=O) groups excluding carboxylic acids is 5. The lowest BCUT2D eigenvalue weighted by Gasteiger charge is -2.68. The van der Waals surface area contributed by atoms with Gasteiger partial charge in [-0.3, -0.25) is 19.2 Å². The highest BCUT2D eigenvalue weighted by Crippen LogP contribution is 2.79. The largest absolute Gasteiger partial charge is 0.511 e. The molecule has 7 fully saturated rings. The van der Waals surface area contributed by atoms with Crippen LogP contribution in [0.3, 0.4) is 0 Å². The van der Waals surface area contributed by atoms with Gasteiger partial charge in [0.1, 0.15) is 23.1 Å². The van der Waals surface area contributed by atoms with Crippen molar-refractivity contribution in [3.8, 4) is 0 Å². The normalized spacial score (nSPS) is 42.8. The molecule has 1 aromatic heterocycles. The zero-order valence-electron chi connectivity index (χ0n) is 34.0. The third-order valence-electron chi connectivity index (χ3n) is 13.9. The van der Waals surface area contributed by atoms with E-state index in [0.29, 0.717) is 18.4 Å². The van der Waals surface area contributed by atoms with E-state index >= 15 is 4.79 Å². The minimum Gasteiger partial charge on any atom is -0.511 e. The number of carbonyl (C=O) groups is 5. The summed E-state index contributed by atoms with van der Waals surface area (Å²) in [5.41, 5.74) is -8.82. The molecule has 1 N–H and O–H groups in total. The second-order valence-corrected chi connectivity index (χ2v) is 18.2. The van der Waals surface area contributed by atoms with Crippen molar-refractivity contribution in [2.45, 2.75) is 149 Å². The lowest BCUT2D eigenvalue weighted by Crippen LogP contribution is -2.78. The molecule has 8 rings (SSSR count). The highest BCUT2D eigenvalue weighted by atomic mass is 16.9. The summed E-state index contributed by atoms with van der Waals surface area (Å²) in [6, 6.07) is 1.67. The van der Waals surface area contributed by atoms with Crippen molar-refractivity contribution >= 4 is 29.8 Å². The Labute approximate surface area is 326 Å². The fraction of sp³-hybridized carbons (Fsp3) is 0.732. The Bertz CT molecular complexity index is 1870. The Hall–Kier alpha value is -3.95. The first-order valence-electron chi connectivity index (χ1n) is 19.4. The van der Waals surface area contributed by atoms with Crippen molar-refractivity contribution in [3.05, 3.63) is 35.5 Å². The van der Waals surface area contributed by atoms with E-state index < -0.39 is 111 Å². The first-order chi connectivity index (χ1) is 26.0. The van der Waals surface area contributed by atoms with Crippen molar-refractivity contribution in [3.63, 3.8) is 0 Å². The number of methoxy groups -OCH3 is 1. The smallest absolute Gasteiger partial charge is 0.338 e. The molecule has 56 heavy (non-hydrogen) atoms. The molecule has 5 heterocycles. The average molecular weight is 787 g/mol. The van der Waals surface area contributed by atoms with Crippen molar-refractivity contribution < 1.29 is 71.4 Å². The van der Waals surface area contributed by atoms with E-state index in [1.165, 1.54) is 40.4 Å². The first kappa shape index (κ1) is 40.3. The van der Waals surface area contributed by atoms with Crippen molar-refractivity contribution in [2.24, 2.45) is 34.0 Å². The van der Waals surface area contributed by atoms with Crippen LogP contribution in [0.2, 0.25) is 0 Å². The van der Waals surface area contributed by atoms with Crippen molar-refractivity contribution in [1.29, 1.82) is 0 Å². The van der Waals surface area contributed by atoms with Crippen LogP contribution >= 0.6 is 0 Å². The molecular weight excluding hydrogens is 732 g/mol. The Morgan fingerprint density at radius 2 is 1.70 bits per heavy atom. The van der Waals surface area contributed by atoms with Gasteiger partial charge in [-0.2, -0.15) is 0 Å². The van der Waals surface area contributed by atoms with Crippen LogP contribution in [0.25, 0.3) is 0 Å². The fourth-order valence-corrected chi connectivity index (χ4v) is 12.2. The predicted molar refractivity (Wildman–Crippen MR) is 191 cm³/mol. The molecule has 1 aromatic rings. The molecule has 0 radical (unpaired) electrons. The van der Waals surface area contributed by atoms with Crippen molar-refractivity contribution in [1.82, 2.24) is 0 Å². The van der Waals surface area contributed by atoms with Crippen LogP contribution in [0.4, 0.5) is 0 Å². The zero-order chi connectivity index (χ0) is 41.2. The molecule has 12 atom stereocenters. The van der Waals surface area contributed by atoms with Gasteiger partial charge < -0.3 is 47.4 Å². The molecule has 15 nitrogen and oxygen atoms in total. The third kappa shape index (κ3) is 5.14. The highest BCUT2D eigenvalue weighted by molar-refractivity contribution is 5.92. The lowest BCUT2D eigenvalue weighted by atomic mass is 9.47. The maximum absolute atomic E-state index is 15.1. The maximum Gasteiger partial charge on any atom is 0.338 e. The van der Waals surface area contributed by atoms with Gasteiger partial charge in [0.15, 0.2) is 12.2 Å². The number of aliphatic hydroxyl groups excluding tert-OH is 1. The van der Waals surface area contributed by atoms with Crippen LogP contribution in [0.5, 0.6) is 0 Å². The standard InChI is InChI=1S/C41H54O15/c1-20(2)28(46)27-29-36(8,30(50-21(3)42)24-14-17-49-18-24)15-12-25-31-37(9,16-13-26(45)48-11)39-19-35(6,7)33(51-22(4)43)41(39,53-23(5)44)34(52-32(27)47)40(25,29)56-38(10,54-31)55-39/h14,17-18,20,25,29-31,33-34,46H,12-13,15-16,19H2,1-11H3/b28-27-. The number of ether oxygens (including phenoxy) is 8. The van der Waals surface area contributed by atoms with Crippen LogP contribution < -0.4 is 0 Å². The fourth-order valence-electron chi connectivity index (χ4n) is 12.2. The molecule has 3 aliphatic carbocycles. The predicted octanol–water partition coefficient (Wildman–Crippen LogP) is 5.54. The van der Waals surface area contributed by atoms with E-state index in [-0.39, 0.29) is 30.6 Å². The van der Waals surface area contributed by atoms with Crippen LogP contribution in [0.1, 0.15) is 113 Å². The molecule has 4 bridgehead atoms. The number of hydrogen-bond acceptors (Lipinski definition) is 15. The van der Waals surface area contributed by atoms with Crippen LogP contribution in [0.15, 0.2) is 34.3 Å². The number of rotatable bonds is 9. The summed E-state index contributed by atoms with van der Waals surface area (Å²) in [4.78, 5) is 68.2. The van der Waals surface area contributed by atoms with Crippen molar-refractivity contribution in [2.75, 3.05) is 7.11 Å². The van der Waals surface area contributed by atoms with E-state index in [9.17, 15) is 24.3 Å². The maximum atomic E-state index is 15.1. The van der Waals surface area contributed by atoms with Gasteiger partial charge in [-0.05, 0) is 31.7 Å². The van der Waals surface area contributed by atoms with E-state index in [0.717, 1.165) is 0 Å². The Morgan fingerprint density at radius 1 is 1.00 bits per heavy atom. The van der Waals surface area contributed by atoms with E-state index in [1.54, 1.807) is 26.8 Å². The summed E-state index contributed by atoms with van der Waals surface area (Å²) in [5.74, 6) is -8.15. The monoisotopic (exact) mass is 786 g/mol. The molecule has 2 spiro atoms. The molecule has 12 unspecified atom stereocenters. The van der Waals surface area contributed by atoms with Gasteiger partial charge in [0.05, 0.1) is 31.3 Å². The molecule has 0 aromatic carbocycles. The van der Waals surface area contributed by atoms with Gasteiger partial charge in [-0.1, -0.05) is 41.5 Å². The van der Waals surface area contributed by atoms with E-state index in [4.69, 9.17) is 42.3 Å². The molecule has 0 amide bonds.